The van der Waals surface area contributed by atoms with Gasteiger partial charge in [-0.2, -0.15) is 0 Å². The number of fused-ring (bicyclic) bond motifs is 1. The van der Waals surface area contributed by atoms with Crippen LogP contribution < -0.4 is 0 Å². The quantitative estimate of drug-likeness (QED) is 0.777. The molecular weight excluding hydrogens is 312 g/mol. The lowest BCUT2D eigenvalue weighted by Gasteiger charge is -2.06. The molecule has 2 aromatic heterocycles. The van der Waals surface area contributed by atoms with E-state index in [1.54, 1.807) is 0 Å². The smallest absolute Gasteiger partial charge is 0.303 e. The Hall–Kier alpha value is -2.33. The summed E-state index contributed by atoms with van der Waals surface area (Å²) in [4.78, 5) is 15.7. The summed E-state index contributed by atoms with van der Waals surface area (Å²) in [6, 6.07) is 9.71. The molecule has 0 spiro atoms. The van der Waals surface area contributed by atoms with Crippen LogP contribution in [0.25, 0.3) is 16.9 Å². The van der Waals surface area contributed by atoms with E-state index < -0.39 is 5.97 Å². The van der Waals surface area contributed by atoms with Crippen molar-refractivity contribution in [3.8, 4) is 11.3 Å². The van der Waals surface area contributed by atoms with E-state index >= 15 is 0 Å². The minimum absolute atomic E-state index is 0.0707. The maximum absolute atomic E-state index is 11.0. The van der Waals surface area contributed by atoms with Crippen LogP contribution in [-0.4, -0.2) is 20.5 Å². The summed E-state index contributed by atoms with van der Waals surface area (Å²) in [6.45, 7) is 3.95. The van der Waals surface area contributed by atoms with Crippen molar-refractivity contribution < 1.29 is 9.90 Å². The van der Waals surface area contributed by atoms with Gasteiger partial charge in [-0.3, -0.25) is 4.79 Å². The fourth-order valence-corrected chi connectivity index (χ4v) is 2.80. The minimum atomic E-state index is -0.814. The SMILES string of the molecule is Cc1ccc2nc(-c3ccc(Cl)c(C)c3)c(CCC(=O)O)n2c1. The highest BCUT2D eigenvalue weighted by Gasteiger charge is 2.15. The molecule has 0 amide bonds. The van der Waals surface area contributed by atoms with Gasteiger partial charge in [-0.15, -0.1) is 0 Å². The molecule has 0 atom stereocenters. The Kier molecular flexibility index (Phi) is 4.09. The first-order chi connectivity index (χ1) is 11.0. The predicted molar refractivity (Wildman–Crippen MR) is 91.1 cm³/mol. The summed E-state index contributed by atoms with van der Waals surface area (Å²) < 4.78 is 1.98. The number of carbonyl (C=O) groups is 1. The van der Waals surface area contributed by atoms with Crippen LogP contribution in [0.15, 0.2) is 36.5 Å². The molecule has 3 aromatic rings. The van der Waals surface area contributed by atoms with Gasteiger partial charge < -0.3 is 9.51 Å². The molecule has 0 bridgehead atoms. The number of hydrogen-bond donors (Lipinski definition) is 1. The molecule has 1 aromatic carbocycles. The maximum atomic E-state index is 11.0. The van der Waals surface area contributed by atoms with Crippen molar-refractivity contribution >= 4 is 23.2 Å². The summed E-state index contributed by atoms with van der Waals surface area (Å²) >= 11 is 6.11. The number of benzene rings is 1. The second-order valence-corrected chi connectivity index (χ2v) is 6.11. The standard InChI is InChI=1S/C18H17ClN2O2/c1-11-3-7-16-20-18(13-4-5-14(19)12(2)9-13)15(21(16)10-11)6-8-17(22)23/h3-5,7,9-10H,6,8H2,1-2H3,(H,22,23). The first-order valence-corrected chi connectivity index (χ1v) is 7.79. The molecule has 0 aliphatic heterocycles. The van der Waals surface area contributed by atoms with Gasteiger partial charge in [-0.1, -0.05) is 23.7 Å². The van der Waals surface area contributed by atoms with Crippen molar-refractivity contribution in [3.05, 3.63) is 58.4 Å². The third-order valence-corrected chi connectivity index (χ3v) is 4.30. The van der Waals surface area contributed by atoms with Crippen LogP contribution in [0.2, 0.25) is 5.02 Å². The number of carboxylic acid groups (broad SMARTS) is 1. The molecule has 23 heavy (non-hydrogen) atoms. The summed E-state index contributed by atoms with van der Waals surface area (Å²) in [5, 5.41) is 9.74. The zero-order valence-corrected chi connectivity index (χ0v) is 13.8. The number of aryl methyl sites for hydroxylation is 3. The highest BCUT2D eigenvalue weighted by molar-refractivity contribution is 6.31. The van der Waals surface area contributed by atoms with Crippen LogP contribution in [0.3, 0.4) is 0 Å². The second-order valence-electron chi connectivity index (χ2n) is 5.70. The van der Waals surface area contributed by atoms with E-state index in [1.165, 1.54) is 0 Å². The van der Waals surface area contributed by atoms with Gasteiger partial charge >= 0.3 is 5.97 Å². The molecule has 0 fully saturated rings. The van der Waals surface area contributed by atoms with Crippen molar-refractivity contribution in [1.29, 1.82) is 0 Å². The minimum Gasteiger partial charge on any atom is -0.481 e. The number of aliphatic carboxylic acids is 1. The lowest BCUT2D eigenvalue weighted by Crippen LogP contribution is -2.02. The van der Waals surface area contributed by atoms with Crippen LogP contribution in [0.5, 0.6) is 0 Å². The Bertz CT molecular complexity index is 899. The van der Waals surface area contributed by atoms with Crippen LogP contribution in [0, 0.1) is 13.8 Å². The van der Waals surface area contributed by atoms with Gasteiger partial charge in [0.2, 0.25) is 0 Å². The van der Waals surface area contributed by atoms with Crippen molar-refractivity contribution in [1.82, 2.24) is 9.38 Å². The van der Waals surface area contributed by atoms with E-state index in [1.807, 2.05) is 54.8 Å². The molecule has 118 valence electrons. The average Bonchev–Trinajstić information content (AvgIpc) is 2.85. The maximum Gasteiger partial charge on any atom is 0.303 e. The fourth-order valence-electron chi connectivity index (χ4n) is 2.69. The molecule has 3 rings (SSSR count). The van der Waals surface area contributed by atoms with Gasteiger partial charge in [0.1, 0.15) is 5.65 Å². The van der Waals surface area contributed by atoms with E-state index in [-0.39, 0.29) is 6.42 Å². The largest absolute Gasteiger partial charge is 0.481 e. The molecule has 0 aliphatic carbocycles. The van der Waals surface area contributed by atoms with E-state index in [0.717, 1.165) is 33.7 Å². The topological polar surface area (TPSA) is 54.6 Å². The van der Waals surface area contributed by atoms with Gasteiger partial charge in [0.25, 0.3) is 0 Å². The molecule has 0 unspecified atom stereocenters. The highest BCUT2D eigenvalue weighted by Crippen LogP contribution is 2.29. The first kappa shape index (κ1) is 15.6. The summed E-state index contributed by atoms with van der Waals surface area (Å²) in [7, 11) is 0. The molecule has 4 nitrogen and oxygen atoms in total. The summed E-state index contributed by atoms with van der Waals surface area (Å²) in [5.74, 6) is -0.814. The Balaban J connectivity index is 2.19. The average molecular weight is 329 g/mol. The number of imidazole rings is 1. The van der Waals surface area contributed by atoms with Crippen molar-refractivity contribution in [2.75, 3.05) is 0 Å². The van der Waals surface area contributed by atoms with E-state index in [9.17, 15) is 4.79 Å². The summed E-state index contributed by atoms with van der Waals surface area (Å²) in [5.41, 5.74) is 5.57. The Morgan fingerprint density at radius 3 is 2.74 bits per heavy atom. The molecule has 0 aliphatic rings. The van der Waals surface area contributed by atoms with Gasteiger partial charge in [-0.25, -0.2) is 4.98 Å². The molecule has 5 heteroatoms. The number of pyridine rings is 1. The normalized spacial score (nSPS) is 11.1. The number of rotatable bonds is 4. The lowest BCUT2D eigenvalue weighted by molar-refractivity contribution is -0.136. The van der Waals surface area contributed by atoms with Crippen LogP contribution >= 0.6 is 11.6 Å². The highest BCUT2D eigenvalue weighted by atomic mass is 35.5. The number of halogens is 1. The van der Waals surface area contributed by atoms with Crippen molar-refractivity contribution in [2.24, 2.45) is 0 Å². The molecule has 0 saturated heterocycles. The van der Waals surface area contributed by atoms with Gasteiger partial charge in [0, 0.05) is 23.2 Å². The first-order valence-electron chi connectivity index (χ1n) is 7.41. The molecule has 2 heterocycles. The predicted octanol–water partition coefficient (Wildman–Crippen LogP) is 4.29. The van der Waals surface area contributed by atoms with Crippen LogP contribution in [0.4, 0.5) is 0 Å². The van der Waals surface area contributed by atoms with Crippen molar-refractivity contribution in [2.45, 2.75) is 26.7 Å². The zero-order chi connectivity index (χ0) is 16.6. The van der Waals surface area contributed by atoms with E-state index in [0.29, 0.717) is 11.4 Å². The monoisotopic (exact) mass is 328 g/mol. The van der Waals surface area contributed by atoms with Crippen molar-refractivity contribution in [3.63, 3.8) is 0 Å². The molecular formula is C18H17ClN2O2. The number of aromatic nitrogens is 2. The molecule has 0 saturated carbocycles. The molecule has 0 radical (unpaired) electrons. The van der Waals surface area contributed by atoms with Gasteiger partial charge in [0.15, 0.2) is 0 Å². The number of carboxylic acids is 1. The third-order valence-electron chi connectivity index (χ3n) is 3.87. The van der Waals surface area contributed by atoms with Gasteiger partial charge in [0.05, 0.1) is 17.8 Å². The van der Waals surface area contributed by atoms with E-state index in [2.05, 4.69) is 0 Å². The van der Waals surface area contributed by atoms with E-state index in [4.69, 9.17) is 21.7 Å². The lowest BCUT2D eigenvalue weighted by atomic mass is 10.1. The third kappa shape index (κ3) is 3.08. The zero-order valence-electron chi connectivity index (χ0n) is 13.0. The van der Waals surface area contributed by atoms with Crippen LogP contribution in [-0.2, 0) is 11.2 Å². The Morgan fingerprint density at radius 1 is 1.26 bits per heavy atom. The van der Waals surface area contributed by atoms with Crippen LogP contribution in [0.1, 0.15) is 23.2 Å². The Morgan fingerprint density at radius 2 is 2.04 bits per heavy atom. The van der Waals surface area contributed by atoms with Gasteiger partial charge in [-0.05, 0) is 43.2 Å². The number of nitrogens with zero attached hydrogens (tertiary/aromatic N) is 2. The number of hydrogen-bond acceptors (Lipinski definition) is 2. The Labute approximate surface area is 139 Å². The summed E-state index contributed by atoms with van der Waals surface area (Å²) in [6.07, 6.45) is 2.49. The second kappa shape index (κ2) is 6.05. The molecule has 1 N–H and O–H groups in total. The fraction of sp³-hybridized carbons (Fsp3) is 0.222.